The lowest BCUT2D eigenvalue weighted by molar-refractivity contribution is 0.627. The molecule has 1 saturated heterocycles. The molecule has 0 aliphatic carbocycles. The fraction of sp³-hybridized carbons (Fsp3) is 0.333. The maximum atomic E-state index is 6.07. The first-order valence-corrected chi connectivity index (χ1v) is 9.59. The number of hydrogen-bond donors (Lipinski definition) is 0. The van der Waals surface area contributed by atoms with E-state index >= 15 is 0 Å². The minimum absolute atomic E-state index is 0.770. The number of furan rings is 1. The first-order valence-electron chi connectivity index (χ1n) is 8.78. The van der Waals surface area contributed by atoms with E-state index in [4.69, 9.17) is 4.42 Å². The zero-order chi connectivity index (χ0) is 17.5. The topological polar surface area (TPSA) is 71.2 Å². The van der Waals surface area contributed by atoms with E-state index in [0.29, 0.717) is 0 Å². The van der Waals surface area contributed by atoms with Gasteiger partial charge in [0.15, 0.2) is 11.4 Å². The highest BCUT2D eigenvalue weighted by Gasteiger charge is 2.24. The molecular formula is C18H18N6OS. The lowest BCUT2D eigenvalue weighted by Gasteiger charge is -2.34. The van der Waals surface area contributed by atoms with Gasteiger partial charge < -0.3 is 14.2 Å². The molecule has 0 saturated carbocycles. The van der Waals surface area contributed by atoms with E-state index < -0.39 is 0 Å². The number of fused-ring (bicyclic) bond motifs is 3. The maximum absolute atomic E-state index is 6.07. The second-order valence-electron chi connectivity index (χ2n) is 6.28. The third kappa shape index (κ3) is 2.48. The number of rotatable bonds is 3. The largest absolute Gasteiger partial charge is 0.450 e. The SMILES string of the molecule is CCc1nnc(N2CCN(c3ncnc4c3oc3ccccc34)CC2)s1. The Hall–Kier alpha value is -2.74. The van der Waals surface area contributed by atoms with Gasteiger partial charge in [0.25, 0.3) is 0 Å². The van der Waals surface area contributed by atoms with Gasteiger partial charge in [0, 0.05) is 31.6 Å². The summed E-state index contributed by atoms with van der Waals surface area (Å²) >= 11 is 1.68. The summed E-state index contributed by atoms with van der Waals surface area (Å²) in [6.07, 6.45) is 2.56. The molecule has 0 N–H and O–H groups in total. The van der Waals surface area contributed by atoms with Crippen LogP contribution in [0.3, 0.4) is 0 Å². The van der Waals surface area contributed by atoms with E-state index in [1.54, 1.807) is 17.7 Å². The molecule has 26 heavy (non-hydrogen) atoms. The molecule has 0 amide bonds. The van der Waals surface area contributed by atoms with Crippen molar-refractivity contribution in [1.82, 2.24) is 20.2 Å². The Morgan fingerprint density at radius 1 is 1.04 bits per heavy atom. The Morgan fingerprint density at radius 3 is 2.65 bits per heavy atom. The zero-order valence-electron chi connectivity index (χ0n) is 14.4. The summed E-state index contributed by atoms with van der Waals surface area (Å²) in [7, 11) is 0. The average Bonchev–Trinajstić information content (AvgIpc) is 3.32. The molecule has 0 atom stereocenters. The van der Waals surface area contributed by atoms with Gasteiger partial charge in [0.05, 0.1) is 0 Å². The number of aromatic nitrogens is 4. The fourth-order valence-electron chi connectivity index (χ4n) is 3.36. The molecule has 1 aliphatic heterocycles. The predicted molar refractivity (Wildman–Crippen MR) is 103 cm³/mol. The lowest BCUT2D eigenvalue weighted by Crippen LogP contribution is -2.46. The Bertz CT molecular complexity index is 1070. The number of para-hydroxylation sites is 1. The summed E-state index contributed by atoms with van der Waals surface area (Å²) < 4.78 is 6.07. The molecular weight excluding hydrogens is 348 g/mol. The average molecular weight is 366 g/mol. The zero-order valence-corrected chi connectivity index (χ0v) is 15.2. The van der Waals surface area contributed by atoms with Gasteiger partial charge in [-0.2, -0.15) is 0 Å². The number of anilines is 2. The van der Waals surface area contributed by atoms with Crippen molar-refractivity contribution < 1.29 is 4.42 Å². The molecule has 0 bridgehead atoms. The van der Waals surface area contributed by atoms with Gasteiger partial charge in [-0.1, -0.05) is 30.4 Å². The van der Waals surface area contributed by atoms with Gasteiger partial charge in [0.2, 0.25) is 5.13 Å². The normalized spacial score (nSPS) is 15.3. The molecule has 5 rings (SSSR count). The van der Waals surface area contributed by atoms with Gasteiger partial charge in [-0.15, -0.1) is 10.2 Å². The number of aryl methyl sites for hydroxylation is 1. The van der Waals surface area contributed by atoms with Crippen molar-refractivity contribution in [1.29, 1.82) is 0 Å². The molecule has 1 aromatic carbocycles. The highest BCUT2D eigenvalue weighted by molar-refractivity contribution is 7.15. The number of hydrogen-bond acceptors (Lipinski definition) is 8. The van der Waals surface area contributed by atoms with E-state index in [0.717, 1.165) is 70.6 Å². The summed E-state index contributed by atoms with van der Waals surface area (Å²) in [4.78, 5) is 13.5. The van der Waals surface area contributed by atoms with Crippen molar-refractivity contribution in [3.05, 3.63) is 35.6 Å². The van der Waals surface area contributed by atoms with Crippen molar-refractivity contribution in [2.75, 3.05) is 36.0 Å². The van der Waals surface area contributed by atoms with Gasteiger partial charge in [-0.3, -0.25) is 0 Å². The van der Waals surface area contributed by atoms with Crippen LogP contribution in [0, 0.1) is 0 Å². The van der Waals surface area contributed by atoms with Crippen LogP contribution in [0.15, 0.2) is 35.0 Å². The first-order chi connectivity index (χ1) is 12.8. The molecule has 3 aromatic heterocycles. The van der Waals surface area contributed by atoms with Crippen molar-refractivity contribution >= 4 is 44.4 Å². The second kappa shape index (κ2) is 6.21. The van der Waals surface area contributed by atoms with E-state index in [1.807, 2.05) is 24.3 Å². The van der Waals surface area contributed by atoms with Gasteiger partial charge in [-0.05, 0) is 18.6 Å². The molecule has 4 heterocycles. The van der Waals surface area contributed by atoms with Crippen LogP contribution >= 0.6 is 11.3 Å². The quantitative estimate of drug-likeness (QED) is 0.552. The molecule has 7 nitrogen and oxygen atoms in total. The third-order valence-corrected chi connectivity index (χ3v) is 5.88. The van der Waals surface area contributed by atoms with Gasteiger partial charge >= 0.3 is 0 Å². The molecule has 0 spiro atoms. The maximum Gasteiger partial charge on any atom is 0.208 e. The predicted octanol–water partition coefficient (Wildman–Crippen LogP) is 3.12. The summed E-state index contributed by atoms with van der Waals surface area (Å²) in [5, 5.41) is 11.7. The van der Waals surface area contributed by atoms with Gasteiger partial charge in [-0.25, -0.2) is 9.97 Å². The molecule has 0 radical (unpaired) electrons. The molecule has 8 heteroatoms. The van der Waals surface area contributed by atoms with E-state index in [-0.39, 0.29) is 0 Å². The van der Waals surface area contributed by atoms with Crippen molar-refractivity contribution in [3.8, 4) is 0 Å². The fourth-order valence-corrected chi connectivity index (χ4v) is 4.19. The summed E-state index contributed by atoms with van der Waals surface area (Å²) in [6, 6.07) is 7.99. The van der Waals surface area contributed by atoms with Crippen molar-refractivity contribution in [3.63, 3.8) is 0 Å². The van der Waals surface area contributed by atoms with E-state index in [9.17, 15) is 0 Å². The summed E-state index contributed by atoms with van der Waals surface area (Å²) in [5.41, 5.74) is 2.50. The van der Waals surface area contributed by atoms with Crippen LogP contribution in [0.2, 0.25) is 0 Å². The standard InChI is InChI=1S/C18H18N6OS/c1-2-14-21-22-18(26-14)24-9-7-23(8-10-24)17-16-15(19-11-20-17)12-5-3-4-6-13(12)25-16/h3-6,11H,2,7-10H2,1H3. The van der Waals surface area contributed by atoms with Crippen LogP contribution in [0.1, 0.15) is 11.9 Å². The lowest BCUT2D eigenvalue weighted by atomic mass is 10.2. The summed E-state index contributed by atoms with van der Waals surface area (Å²) in [6.45, 7) is 5.62. The Labute approximate surface area is 154 Å². The van der Waals surface area contributed by atoms with Crippen LogP contribution in [0.5, 0.6) is 0 Å². The Kier molecular flexibility index (Phi) is 3.70. The number of benzene rings is 1. The molecule has 1 fully saturated rings. The second-order valence-corrected chi connectivity index (χ2v) is 7.32. The smallest absolute Gasteiger partial charge is 0.208 e. The highest BCUT2D eigenvalue weighted by atomic mass is 32.1. The third-order valence-electron chi connectivity index (χ3n) is 4.75. The van der Waals surface area contributed by atoms with Crippen LogP contribution in [0.4, 0.5) is 10.9 Å². The highest BCUT2D eigenvalue weighted by Crippen LogP contribution is 2.32. The van der Waals surface area contributed by atoms with Crippen LogP contribution in [0.25, 0.3) is 22.1 Å². The Morgan fingerprint density at radius 2 is 1.85 bits per heavy atom. The van der Waals surface area contributed by atoms with Crippen LogP contribution < -0.4 is 9.80 Å². The van der Waals surface area contributed by atoms with Crippen LogP contribution in [-0.4, -0.2) is 46.3 Å². The van der Waals surface area contributed by atoms with Crippen molar-refractivity contribution in [2.24, 2.45) is 0 Å². The van der Waals surface area contributed by atoms with Gasteiger partial charge in [0.1, 0.15) is 22.4 Å². The number of piperazine rings is 1. The minimum Gasteiger partial charge on any atom is -0.450 e. The number of nitrogens with zero attached hydrogens (tertiary/aromatic N) is 6. The van der Waals surface area contributed by atoms with E-state index in [1.165, 1.54) is 0 Å². The van der Waals surface area contributed by atoms with E-state index in [2.05, 4.69) is 36.9 Å². The minimum atomic E-state index is 0.770. The molecule has 4 aromatic rings. The Balaban J connectivity index is 1.43. The molecule has 132 valence electrons. The molecule has 1 aliphatic rings. The molecule has 0 unspecified atom stereocenters. The monoisotopic (exact) mass is 366 g/mol. The first kappa shape index (κ1) is 15.5. The van der Waals surface area contributed by atoms with Crippen LogP contribution in [-0.2, 0) is 6.42 Å². The summed E-state index contributed by atoms with van der Waals surface area (Å²) in [5.74, 6) is 0.873. The van der Waals surface area contributed by atoms with Crippen molar-refractivity contribution in [2.45, 2.75) is 13.3 Å².